The largest absolute Gasteiger partial charge is 0.497 e. The summed E-state index contributed by atoms with van der Waals surface area (Å²) in [5.74, 6) is 0.440. The van der Waals surface area contributed by atoms with Crippen LogP contribution in [0.5, 0.6) is 5.75 Å². The summed E-state index contributed by atoms with van der Waals surface area (Å²) in [6.45, 7) is 1.46. The average molecular weight is 394 g/mol. The molecule has 29 heavy (non-hydrogen) atoms. The van der Waals surface area contributed by atoms with Gasteiger partial charge in [0, 0.05) is 31.4 Å². The number of nitrogens with one attached hydrogen (secondary N) is 1. The van der Waals surface area contributed by atoms with Gasteiger partial charge in [-0.3, -0.25) is 14.6 Å². The van der Waals surface area contributed by atoms with Crippen molar-refractivity contribution in [3.63, 3.8) is 0 Å². The molecule has 0 saturated heterocycles. The van der Waals surface area contributed by atoms with Crippen molar-refractivity contribution < 1.29 is 18.8 Å². The Kier molecular flexibility index (Phi) is 5.07. The van der Waals surface area contributed by atoms with Gasteiger partial charge in [-0.2, -0.15) is 0 Å². The molecular formula is C22H24N3O4+. The fraction of sp³-hybridized carbons (Fsp3) is 0.318. The van der Waals surface area contributed by atoms with Crippen LogP contribution >= 0.6 is 0 Å². The van der Waals surface area contributed by atoms with E-state index >= 15 is 0 Å². The van der Waals surface area contributed by atoms with Crippen molar-refractivity contribution in [2.24, 2.45) is 0 Å². The summed E-state index contributed by atoms with van der Waals surface area (Å²) in [5, 5.41) is 0.441. The lowest BCUT2D eigenvalue weighted by Gasteiger charge is -2.25. The van der Waals surface area contributed by atoms with Crippen LogP contribution in [0.2, 0.25) is 0 Å². The van der Waals surface area contributed by atoms with E-state index in [0.29, 0.717) is 28.8 Å². The molecule has 0 aliphatic carbocycles. The smallest absolute Gasteiger partial charge is 0.290 e. The van der Waals surface area contributed by atoms with Crippen molar-refractivity contribution >= 4 is 16.9 Å². The quantitative estimate of drug-likeness (QED) is 0.682. The molecule has 3 heterocycles. The van der Waals surface area contributed by atoms with Gasteiger partial charge < -0.3 is 19.0 Å². The number of amides is 1. The second kappa shape index (κ2) is 7.67. The van der Waals surface area contributed by atoms with Crippen LogP contribution in [-0.4, -0.2) is 50.1 Å². The van der Waals surface area contributed by atoms with Gasteiger partial charge in [0.25, 0.3) is 5.91 Å². The lowest BCUT2D eigenvalue weighted by molar-refractivity contribution is -0.858. The summed E-state index contributed by atoms with van der Waals surface area (Å²) in [6, 6.07) is 8.27. The SMILES string of the molecule is COc1ccc2c(=O)c3c(oc2c1)C(=O)N(CCC[NH+](C)C)[C@H]3c1ccncc1. The molecule has 0 saturated carbocycles. The van der Waals surface area contributed by atoms with Crippen LogP contribution in [0.4, 0.5) is 0 Å². The second-order valence-electron chi connectivity index (χ2n) is 7.53. The Morgan fingerprint density at radius 1 is 1.17 bits per heavy atom. The Morgan fingerprint density at radius 2 is 1.93 bits per heavy atom. The zero-order chi connectivity index (χ0) is 20.5. The van der Waals surface area contributed by atoms with Crippen LogP contribution in [-0.2, 0) is 0 Å². The van der Waals surface area contributed by atoms with Gasteiger partial charge >= 0.3 is 0 Å². The molecule has 1 atom stereocenters. The number of fused-ring (bicyclic) bond motifs is 2. The van der Waals surface area contributed by atoms with Crippen molar-refractivity contribution in [3.8, 4) is 5.75 Å². The van der Waals surface area contributed by atoms with Gasteiger partial charge in [0.2, 0.25) is 5.76 Å². The molecule has 0 spiro atoms. The molecule has 1 amide bonds. The topological polar surface area (TPSA) is 77.1 Å². The average Bonchev–Trinajstić information content (AvgIpc) is 3.00. The summed E-state index contributed by atoms with van der Waals surface area (Å²) in [4.78, 5) is 33.7. The van der Waals surface area contributed by atoms with Gasteiger partial charge in [0.15, 0.2) is 5.43 Å². The molecule has 1 aromatic carbocycles. The van der Waals surface area contributed by atoms with Crippen molar-refractivity contribution in [1.82, 2.24) is 9.88 Å². The predicted molar refractivity (Wildman–Crippen MR) is 108 cm³/mol. The van der Waals surface area contributed by atoms with E-state index in [0.717, 1.165) is 18.5 Å². The van der Waals surface area contributed by atoms with Crippen LogP contribution in [0.15, 0.2) is 51.9 Å². The van der Waals surface area contributed by atoms with Crippen LogP contribution in [0.25, 0.3) is 11.0 Å². The van der Waals surface area contributed by atoms with E-state index in [1.165, 1.54) is 4.90 Å². The number of hydrogen-bond donors (Lipinski definition) is 1. The van der Waals surface area contributed by atoms with Gasteiger partial charge in [0.1, 0.15) is 11.3 Å². The molecule has 0 bridgehead atoms. The second-order valence-corrected chi connectivity index (χ2v) is 7.53. The summed E-state index contributed by atoms with van der Waals surface area (Å²) in [5.41, 5.74) is 1.43. The number of benzene rings is 1. The minimum atomic E-state index is -0.472. The van der Waals surface area contributed by atoms with Crippen molar-refractivity contribution in [2.75, 3.05) is 34.3 Å². The van der Waals surface area contributed by atoms with E-state index < -0.39 is 6.04 Å². The number of nitrogens with zero attached hydrogens (tertiary/aromatic N) is 2. The Hall–Kier alpha value is -3.19. The van der Waals surface area contributed by atoms with E-state index in [-0.39, 0.29) is 17.1 Å². The molecule has 1 aliphatic heterocycles. The van der Waals surface area contributed by atoms with Gasteiger partial charge in [-0.25, -0.2) is 0 Å². The number of methoxy groups -OCH3 is 1. The number of rotatable bonds is 6. The molecule has 0 fully saturated rings. The summed E-state index contributed by atoms with van der Waals surface area (Å²) >= 11 is 0. The molecular weight excluding hydrogens is 370 g/mol. The first kappa shape index (κ1) is 19.1. The molecule has 2 aromatic heterocycles. The van der Waals surface area contributed by atoms with Gasteiger partial charge in [-0.15, -0.1) is 0 Å². The highest BCUT2D eigenvalue weighted by Crippen LogP contribution is 2.38. The van der Waals surface area contributed by atoms with Gasteiger partial charge in [-0.1, -0.05) is 0 Å². The summed E-state index contributed by atoms with van der Waals surface area (Å²) in [6.07, 6.45) is 4.17. The van der Waals surface area contributed by atoms with Crippen LogP contribution in [0.3, 0.4) is 0 Å². The maximum Gasteiger partial charge on any atom is 0.290 e. The fourth-order valence-corrected chi connectivity index (χ4v) is 3.85. The number of pyridine rings is 1. The third-order valence-electron chi connectivity index (χ3n) is 5.27. The number of ether oxygens (including phenoxy) is 1. The first-order valence-corrected chi connectivity index (χ1v) is 9.66. The Balaban J connectivity index is 1.87. The van der Waals surface area contributed by atoms with Crippen molar-refractivity contribution in [2.45, 2.75) is 12.5 Å². The molecule has 7 heteroatoms. The zero-order valence-electron chi connectivity index (χ0n) is 16.8. The number of carbonyl (C=O) groups excluding carboxylic acids is 1. The van der Waals surface area contributed by atoms with Crippen molar-refractivity contribution in [1.29, 1.82) is 0 Å². The van der Waals surface area contributed by atoms with E-state index in [2.05, 4.69) is 19.1 Å². The molecule has 150 valence electrons. The molecule has 0 unspecified atom stereocenters. The van der Waals surface area contributed by atoms with Gasteiger partial charge in [0.05, 0.1) is 44.7 Å². The lowest BCUT2D eigenvalue weighted by atomic mass is 9.99. The standard InChI is InChI=1S/C22H23N3O4/c1-24(2)11-4-12-25-19(14-7-9-23-10-8-14)18-20(26)16-6-5-15(28-3)13-17(16)29-21(18)22(25)27/h5-10,13,19H,4,11-12H2,1-3H3/p+1/t19-/m0/s1. The van der Waals surface area contributed by atoms with Crippen LogP contribution in [0.1, 0.15) is 34.1 Å². The molecule has 4 rings (SSSR count). The number of carbonyl (C=O) groups is 1. The molecule has 0 radical (unpaired) electrons. The highest BCUT2D eigenvalue weighted by atomic mass is 16.5. The Labute approximate surface area is 168 Å². The van der Waals surface area contributed by atoms with E-state index in [1.807, 2.05) is 12.1 Å². The zero-order valence-corrected chi connectivity index (χ0v) is 16.8. The van der Waals surface area contributed by atoms with E-state index in [9.17, 15) is 9.59 Å². The van der Waals surface area contributed by atoms with Crippen LogP contribution in [0, 0.1) is 0 Å². The van der Waals surface area contributed by atoms with Crippen molar-refractivity contribution in [3.05, 3.63) is 69.8 Å². The normalized spacial score (nSPS) is 15.9. The van der Waals surface area contributed by atoms with E-state index in [4.69, 9.17) is 9.15 Å². The number of aromatic nitrogens is 1. The summed E-state index contributed by atoms with van der Waals surface area (Å²) in [7, 11) is 5.70. The first-order chi connectivity index (χ1) is 14.0. The number of quaternary nitrogens is 1. The minimum absolute atomic E-state index is 0.120. The number of hydrogen-bond acceptors (Lipinski definition) is 5. The highest BCUT2D eigenvalue weighted by molar-refractivity contribution is 5.99. The third-order valence-corrected chi connectivity index (χ3v) is 5.27. The monoisotopic (exact) mass is 394 g/mol. The Morgan fingerprint density at radius 3 is 2.62 bits per heavy atom. The van der Waals surface area contributed by atoms with Gasteiger partial charge in [-0.05, 0) is 29.8 Å². The van der Waals surface area contributed by atoms with Crippen LogP contribution < -0.4 is 15.1 Å². The molecule has 1 aliphatic rings. The highest BCUT2D eigenvalue weighted by Gasteiger charge is 2.42. The third kappa shape index (κ3) is 3.38. The molecule has 7 nitrogen and oxygen atoms in total. The fourth-order valence-electron chi connectivity index (χ4n) is 3.85. The summed E-state index contributed by atoms with van der Waals surface area (Å²) < 4.78 is 11.2. The maximum absolute atomic E-state index is 13.4. The maximum atomic E-state index is 13.4. The first-order valence-electron chi connectivity index (χ1n) is 9.66. The molecule has 3 aromatic rings. The molecule has 1 N–H and O–H groups in total. The predicted octanol–water partition coefficient (Wildman–Crippen LogP) is 1.28. The lowest BCUT2D eigenvalue weighted by Crippen LogP contribution is -3.05. The minimum Gasteiger partial charge on any atom is -0.497 e. The van der Waals surface area contributed by atoms with E-state index in [1.54, 1.807) is 42.6 Å². The Bertz CT molecular complexity index is 1110.